The molecule has 0 bridgehead atoms. The number of guanidine groups is 1. The third-order valence-corrected chi connectivity index (χ3v) is 3.46. The standard InChI is InChI=1S/C17H18BN3O3/c1-11(16(22)21-17(19)20)10-13-4-2-3-5-15(13)12-6-8-14(9-7-12)18(23)24/h2-10,23-24H,1H3,(H4,19,20,21,22)/b11-10+. The third kappa shape index (κ3) is 4.31. The third-order valence-electron chi connectivity index (χ3n) is 3.46. The van der Waals surface area contributed by atoms with Crippen LogP contribution in [0.4, 0.5) is 0 Å². The fourth-order valence-corrected chi connectivity index (χ4v) is 2.24. The van der Waals surface area contributed by atoms with Gasteiger partial charge >= 0.3 is 7.12 Å². The number of hydrogen-bond acceptors (Lipinski definition) is 4. The van der Waals surface area contributed by atoms with E-state index in [1.165, 1.54) is 0 Å². The second-order valence-corrected chi connectivity index (χ2v) is 5.28. The maximum absolute atomic E-state index is 11.9. The van der Waals surface area contributed by atoms with E-state index in [-0.39, 0.29) is 0 Å². The SMILES string of the molecule is C/C(=C\c1ccccc1-c1ccc(B(O)O)cc1)C(=O)NC(=N)N. The summed E-state index contributed by atoms with van der Waals surface area (Å²) in [6, 6.07) is 14.4. The van der Waals surface area contributed by atoms with Crippen molar-refractivity contribution in [3.05, 3.63) is 59.7 Å². The summed E-state index contributed by atoms with van der Waals surface area (Å²) in [5.41, 5.74) is 8.59. The van der Waals surface area contributed by atoms with E-state index in [0.717, 1.165) is 16.7 Å². The van der Waals surface area contributed by atoms with Gasteiger partial charge in [-0.3, -0.25) is 15.5 Å². The summed E-state index contributed by atoms with van der Waals surface area (Å²) in [5.74, 6) is -0.838. The van der Waals surface area contributed by atoms with Crippen LogP contribution in [0.3, 0.4) is 0 Å². The number of nitrogens with two attached hydrogens (primary N) is 1. The Labute approximate surface area is 140 Å². The molecule has 0 saturated carbocycles. The number of nitrogens with one attached hydrogen (secondary N) is 2. The topological polar surface area (TPSA) is 119 Å². The van der Waals surface area contributed by atoms with Crippen LogP contribution in [0.1, 0.15) is 12.5 Å². The number of carbonyl (C=O) groups is 1. The maximum Gasteiger partial charge on any atom is 0.488 e. The lowest BCUT2D eigenvalue weighted by Crippen LogP contribution is -2.36. The fraction of sp³-hybridized carbons (Fsp3) is 0.0588. The number of carbonyl (C=O) groups excluding carboxylic acids is 1. The molecule has 0 spiro atoms. The van der Waals surface area contributed by atoms with Crippen LogP contribution in [-0.4, -0.2) is 29.0 Å². The summed E-state index contributed by atoms with van der Waals surface area (Å²) < 4.78 is 0. The van der Waals surface area contributed by atoms with Gasteiger partial charge in [0.1, 0.15) is 0 Å². The Balaban J connectivity index is 2.37. The Kier molecular flexibility index (Phi) is 5.52. The molecule has 24 heavy (non-hydrogen) atoms. The van der Waals surface area contributed by atoms with Gasteiger partial charge in [0, 0.05) is 5.57 Å². The van der Waals surface area contributed by atoms with Crippen molar-refractivity contribution in [3.8, 4) is 11.1 Å². The first-order valence-electron chi connectivity index (χ1n) is 7.27. The average molecular weight is 323 g/mol. The van der Waals surface area contributed by atoms with Crippen LogP contribution < -0.4 is 16.5 Å². The molecule has 122 valence electrons. The molecular weight excluding hydrogens is 305 g/mol. The first-order valence-corrected chi connectivity index (χ1v) is 7.27. The van der Waals surface area contributed by atoms with Crippen molar-refractivity contribution in [2.75, 3.05) is 0 Å². The molecule has 0 heterocycles. The van der Waals surface area contributed by atoms with Crippen molar-refractivity contribution in [1.82, 2.24) is 5.32 Å². The smallest absolute Gasteiger partial charge is 0.423 e. The molecule has 0 aliphatic heterocycles. The molecule has 0 aromatic heterocycles. The molecule has 0 atom stereocenters. The van der Waals surface area contributed by atoms with E-state index >= 15 is 0 Å². The molecule has 2 aromatic carbocycles. The molecule has 0 radical (unpaired) electrons. The lowest BCUT2D eigenvalue weighted by Gasteiger charge is -2.09. The first-order chi connectivity index (χ1) is 11.4. The van der Waals surface area contributed by atoms with Gasteiger partial charge in [0.05, 0.1) is 0 Å². The molecule has 0 aliphatic rings. The summed E-state index contributed by atoms with van der Waals surface area (Å²) in [6.07, 6.45) is 1.71. The zero-order valence-corrected chi connectivity index (χ0v) is 13.2. The van der Waals surface area contributed by atoms with Crippen molar-refractivity contribution in [1.29, 1.82) is 5.41 Å². The molecule has 1 amide bonds. The van der Waals surface area contributed by atoms with Gasteiger partial charge in [-0.2, -0.15) is 0 Å². The molecule has 7 heteroatoms. The van der Waals surface area contributed by atoms with E-state index in [2.05, 4.69) is 5.32 Å². The van der Waals surface area contributed by atoms with Crippen LogP contribution >= 0.6 is 0 Å². The van der Waals surface area contributed by atoms with Gasteiger partial charge in [-0.1, -0.05) is 48.5 Å². The largest absolute Gasteiger partial charge is 0.488 e. The van der Waals surface area contributed by atoms with Gasteiger partial charge in [-0.15, -0.1) is 0 Å². The molecule has 0 fully saturated rings. The van der Waals surface area contributed by atoms with Crippen molar-refractivity contribution in [2.24, 2.45) is 5.73 Å². The second-order valence-electron chi connectivity index (χ2n) is 5.28. The zero-order valence-electron chi connectivity index (χ0n) is 13.2. The minimum Gasteiger partial charge on any atom is -0.423 e. The van der Waals surface area contributed by atoms with Crippen LogP contribution in [0, 0.1) is 5.41 Å². The van der Waals surface area contributed by atoms with Gasteiger partial charge in [0.15, 0.2) is 5.96 Å². The van der Waals surface area contributed by atoms with Crippen molar-refractivity contribution in [3.63, 3.8) is 0 Å². The highest BCUT2D eigenvalue weighted by Gasteiger charge is 2.11. The second kappa shape index (κ2) is 7.58. The Morgan fingerprint density at radius 2 is 1.79 bits per heavy atom. The summed E-state index contributed by atoms with van der Waals surface area (Å²) in [7, 11) is -1.51. The molecule has 0 unspecified atom stereocenters. The lowest BCUT2D eigenvalue weighted by molar-refractivity contribution is -0.116. The predicted molar refractivity (Wildman–Crippen MR) is 95.4 cm³/mol. The molecule has 2 rings (SSSR count). The summed E-state index contributed by atoms with van der Waals surface area (Å²) >= 11 is 0. The Bertz CT molecular complexity index is 786. The van der Waals surface area contributed by atoms with Crippen LogP contribution in [-0.2, 0) is 4.79 Å². The Morgan fingerprint density at radius 3 is 2.38 bits per heavy atom. The number of benzene rings is 2. The molecule has 6 N–H and O–H groups in total. The molecule has 0 saturated heterocycles. The van der Waals surface area contributed by atoms with Gasteiger partial charge in [0.2, 0.25) is 0 Å². The molecule has 6 nitrogen and oxygen atoms in total. The van der Waals surface area contributed by atoms with E-state index < -0.39 is 19.0 Å². The monoisotopic (exact) mass is 323 g/mol. The normalized spacial score (nSPS) is 11.0. The van der Waals surface area contributed by atoms with Crippen LogP contribution in [0.5, 0.6) is 0 Å². The van der Waals surface area contributed by atoms with Gasteiger partial charge in [-0.05, 0) is 35.2 Å². The maximum atomic E-state index is 11.9. The predicted octanol–water partition coefficient (Wildman–Crippen LogP) is 0.446. The van der Waals surface area contributed by atoms with E-state index in [0.29, 0.717) is 11.0 Å². The van der Waals surface area contributed by atoms with E-state index in [4.69, 9.17) is 21.2 Å². The van der Waals surface area contributed by atoms with Crippen LogP contribution in [0.15, 0.2) is 54.1 Å². The van der Waals surface area contributed by atoms with Crippen LogP contribution in [0.2, 0.25) is 0 Å². The minimum atomic E-state index is -1.51. The van der Waals surface area contributed by atoms with E-state index in [1.807, 2.05) is 24.3 Å². The highest BCUT2D eigenvalue weighted by Crippen LogP contribution is 2.25. The van der Waals surface area contributed by atoms with Crippen molar-refractivity contribution in [2.45, 2.75) is 6.92 Å². The Hall–Kier alpha value is -2.90. The highest BCUT2D eigenvalue weighted by atomic mass is 16.4. The summed E-state index contributed by atoms with van der Waals surface area (Å²) in [5, 5.41) is 27.7. The number of hydrogen-bond donors (Lipinski definition) is 5. The minimum absolute atomic E-state index is 0.404. The van der Waals surface area contributed by atoms with E-state index in [1.54, 1.807) is 37.3 Å². The lowest BCUT2D eigenvalue weighted by atomic mass is 9.79. The highest BCUT2D eigenvalue weighted by molar-refractivity contribution is 6.58. The van der Waals surface area contributed by atoms with Crippen molar-refractivity contribution >= 4 is 30.5 Å². The molecule has 0 aliphatic carbocycles. The Morgan fingerprint density at radius 1 is 1.17 bits per heavy atom. The fourth-order valence-electron chi connectivity index (χ4n) is 2.24. The van der Waals surface area contributed by atoms with E-state index in [9.17, 15) is 4.79 Å². The zero-order chi connectivity index (χ0) is 17.7. The number of rotatable bonds is 4. The molecular formula is C17H18BN3O3. The summed E-state index contributed by atoms with van der Waals surface area (Å²) in [4.78, 5) is 11.9. The van der Waals surface area contributed by atoms with Crippen LogP contribution in [0.25, 0.3) is 17.2 Å². The quantitative estimate of drug-likeness (QED) is 0.243. The summed E-state index contributed by atoms with van der Waals surface area (Å²) in [6.45, 7) is 1.64. The van der Waals surface area contributed by atoms with Gasteiger partial charge in [0.25, 0.3) is 5.91 Å². The van der Waals surface area contributed by atoms with Gasteiger partial charge in [-0.25, -0.2) is 0 Å². The number of amides is 1. The molecule has 2 aromatic rings. The van der Waals surface area contributed by atoms with Gasteiger partial charge < -0.3 is 15.8 Å². The van der Waals surface area contributed by atoms with Crippen molar-refractivity contribution < 1.29 is 14.8 Å². The first kappa shape index (κ1) is 17.5. The average Bonchev–Trinajstić information content (AvgIpc) is 2.54.